The van der Waals surface area contributed by atoms with Gasteiger partial charge in [0.15, 0.2) is 11.7 Å². The maximum Gasteiger partial charge on any atom is 0.245 e. The highest BCUT2D eigenvalue weighted by molar-refractivity contribution is 5.97. The third-order valence-corrected chi connectivity index (χ3v) is 9.57. The van der Waals surface area contributed by atoms with Gasteiger partial charge in [0.1, 0.15) is 36.5 Å². The molecule has 1 aliphatic rings. The number of ketones is 1. The molecule has 8 atom stereocenters. The van der Waals surface area contributed by atoms with Crippen LogP contribution in [0.2, 0.25) is 0 Å². The lowest BCUT2D eigenvalue weighted by molar-refractivity contribution is -0.137. The van der Waals surface area contributed by atoms with Crippen LogP contribution < -0.4 is 65.9 Å². The lowest BCUT2D eigenvalue weighted by Gasteiger charge is -2.27. The first kappa shape index (κ1) is 50.8. The summed E-state index contributed by atoms with van der Waals surface area (Å²) >= 11 is 0. The molecule has 19 N–H and O–H groups in total. The number of aliphatic hydroxyl groups excluding tert-OH is 2. The van der Waals surface area contributed by atoms with Crippen molar-refractivity contribution in [1.29, 1.82) is 0 Å². The summed E-state index contributed by atoms with van der Waals surface area (Å²) in [5.74, 6) is -6.47. The van der Waals surface area contributed by atoms with E-state index in [2.05, 4.69) is 52.5 Å². The van der Waals surface area contributed by atoms with Crippen molar-refractivity contribution in [1.82, 2.24) is 52.2 Å². The molecule has 0 radical (unpaired) electrons. The highest BCUT2D eigenvalue weighted by Crippen LogP contribution is 2.16. The first-order chi connectivity index (χ1) is 28.4. The van der Waals surface area contributed by atoms with E-state index >= 15 is 0 Å². The smallest absolute Gasteiger partial charge is 0.245 e. The number of fused-ring (bicyclic) bond motifs is 2. The number of aliphatic hydroxyl groups is 2. The summed E-state index contributed by atoms with van der Waals surface area (Å²) in [6.45, 7) is 2.35. The van der Waals surface area contributed by atoms with E-state index in [0.717, 1.165) is 0 Å². The number of rotatable bonds is 12. The summed E-state index contributed by atoms with van der Waals surface area (Å²) in [5.41, 5.74) is 28.8. The Morgan fingerprint density at radius 2 is 1.62 bits per heavy atom. The number of nitrogens with one attached hydrogen (secondary N) is 7. The predicted molar refractivity (Wildman–Crippen MR) is 216 cm³/mol. The molecule has 2 rings (SSSR count). The fourth-order valence-electron chi connectivity index (χ4n) is 6.14. The van der Waals surface area contributed by atoms with E-state index in [1.807, 2.05) is 0 Å². The number of Topliss-reactive ketones (excluding diaryl/α,β-unsaturated/α-hetero) is 1. The highest BCUT2D eigenvalue weighted by atomic mass is 16.3. The number of aromatic nitrogens is 3. The third kappa shape index (κ3) is 17.9. The van der Waals surface area contributed by atoms with Crippen molar-refractivity contribution in [2.24, 2.45) is 39.6 Å². The minimum atomic E-state index is -1.67. The molecule has 0 saturated heterocycles. The van der Waals surface area contributed by atoms with Crippen LogP contribution in [0.4, 0.5) is 0 Å². The molecule has 0 aromatic carbocycles. The molecule has 2 heterocycles. The molecular formula is C35H64N16O9. The highest BCUT2D eigenvalue weighted by Gasteiger charge is 2.34. The largest absolute Gasteiger partial charge is 0.394 e. The van der Waals surface area contributed by atoms with Crippen LogP contribution in [0.3, 0.4) is 0 Å². The van der Waals surface area contributed by atoms with Gasteiger partial charge in [-0.25, -0.2) is 0 Å². The molecule has 0 aliphatic carbocycles. The minimum absolute atomic E-state index is 0.00565. The van der Waals surface area contributed by atoms with E-state index in [-0.39, 0.29) is 57.6 Å². The fourth-order valence-corrected chi connectivity index (χ4v) is 6.14. The van der Waals surface area contributed by atoms with Crippen LogP contribution in [0.1, 0.15) is 70.9 Å². The molecule has 1 aliphatic heterocycles. The van der Waals surface area contributed by atoms with E-state index < -0.39 is 102 Å². The number of guanidine groups is 1. The predicted octanol–water partition coefficient (Wildman–Crippen LogP) is -6.91. The number of aryl methyl sites for hydroxylation is 1. The van der Waals surface area contributed by atoms with Crippen LogP contribution in [0.15, 0.2) is 11.2 Å². The van der Waals surface area contributed by atoms with Crippen molar-refractivity contribution in [2.45, 2.75) is 127 Å². The van der Waals surface area contributed by atoms with Gasteiger partial charge in [-0.3, -0.25) is 48.6 Å². The maximum absolute atomic E-state index is 13.9. The van der Waals surface area contributed by atoms with Gasteiger partial charge in [0.2, 0.25) is 35.4 Å². The van der Waals surface area contributed by atoms with Crippen molar-refractivity contribution in [2.75, 3.05) is 26.7 Å². The monoisotopic (exact) mass is 853 g/mol. The van der Waals surface area contributed by atoms with Crippen LogP contribution in [0.25, 0.3) is 0 Å². The summed E-state index contributed by atoms with van der Waals surface area (Å²) in [4.78, 5) is 97.4. The molecule has 6 amide bonds. The second kappa shape index (κ2) is 26.0. The average molecular weight is 853 g/mol. The van der Waals surface area contributed by atoms with Gasteiger partial charge < -0.3 is 70.8 Å². The second-order valence-corrected chi connectivity index (χ2v) is 14.7. The Hall–Kier alpha value is -5.34. The second-order valence-electron chi connectivity index (χ2n) is 14.7. The van der Waals surface area contributed by atoms with Gasteiger partial charge in [-0.1, -0.05) is 5.21 Å². The summed E-state index contributed by atoms with van der Waals surface area (Å²) in [6, 6.07) is -7.97. The first-order valence-corrected chi connectivity index (χ1v) is 19.9. The van der Waals surface area contributed by atoms with E-state index in [0.29, 0.717) is 31.5 Å². The lowest BCUT2D eigenvalue weighted by atomic mass is 9.91. The molecule has 1 unspecified atom stereocenters. The van der Waals surface area contributed by atoms with Crippen molar-refractivity contribution >= 4 is 47.2 Å². The van der Waals surface area contributed by atoms with Crippen LogP contribution in [0, 0.1) is 5.92 Å². The Labute approximate surface area is 347 Å². The molecule has 1 aromatic rings. The lowest BCUT2D eigenvalue weighted by Crippen LogP contribution is -2.61. The molecule has 0 saturated carbocycles. The molecule has 25 nitrogen and oxygen atoms in total. The standard InChI is InChI=1S/C35H64N16O9/c1-18-28(55)48-27(19(2)53)33(60)47-25(17-52)32(59)46-23(30(57)41-3)9-4-5-13-51-16-21(49-50-51)15-22(36)26(54)14-20(8-6-11-42-34(37)38)29(56)45-24(31(58)44-18)10-7-12-43-35(39)40/h16,18-20,22-25,27,35,43,52-53H,4-15,17,36,39-40H2,1-3H3,(H,41,57)(H,44,58)(H,45,56)(H,46,59)(H,47,60)(H,48,55)(H4,37,38,42)/t18-,19?,20+,22-,23-,24-,25-,27-/m0/s1. The zero-order valence-corrected chi connectivity index (χ0v) is 34.4. The Morgan fingerprint density at radius 1 is 0.933 bits per heavy atom. The SMILES string of the molecule is CNC(=O)[C@@H]1CCCCn2cc(nn2)C[C@H](N)C(=O)C[C@@H](CCCN=C(N)N)C(=O)N[C@@H](CCCNC(N)N)C(=O)N[C@@H](C)C(=O)N[C@@H](C(C)O)C(=O)N[C@@H](CO)C(=O)N1. The number of carbonyl (C=O) groups excluding carboxylic acids is 7. The van der Waals surface area contributed by atoms with Crippen molar-refractivity contribution in [3.05, 3.63) is 11.9 Å². The number of hydrogen-bond acceptors (Lipinski definition) is 16. The van der Waals surface area contributed by atoms with E-state index in [9.17, 15) is 43.8 Å². The van der Waals surface area contributed by atoms with Crippen LogP contribution >= 0.6 is 0 Å². The molecular weight excluding hydrogens is 788 g/mol. The van der Waals surface area contributed by atoms with Crippen LogP contribution in [-0.4, -0.2) is 148 Å². The molecule has 0 spiro atoms. The van der Waals surface area contributed by atoms with Crippen molar-refractivity contribution in [3.8, 4) is 0 Å². The number of likely N-dealkylation sites (N-methyl/N-ethyl adjacent to an activating group) is 1. The topological polar surface area (TPSA) is 417 Å². The Morgan fingerprint density at radius 3 is 2.25 bits per heavy atom. The van der Waals surface area contributed by atoms with E-state index in [1.54, 1.807) is 6.20 Å². The molecule has 25 heteroatoms. The Balaban J connectivity index is 2.48. The van der Waals surface area contributed by atoms with E-state index in [4.69, 9.17) is 28.7 Å². The summed E-state index contributed by atoms with van der Waals surface area (Å²) in [5, 5.41) is 46.2. The van der Waals surface area contributed by atoms with Gasteiger partial charge in [0, 0.05) is 45.1 Å². The first-order valence-electron chi connectivity index (χ1n) is 19.9. The van der Waals surface area contributed by atoms with Crippen LogP contribution in [0.5, 0.6) is 0 Å². The zero-order chi connectivity index (χ0) is 44.9. The number of nitrogens with zero attached hydrogens (tertiary/aromatic N) is 4. The Kier molecular flexibility index (Phi) is 22.0. The number of amides is 6. The van der Waals surface area contributed by atoms with Gasteiger partial charge in [-0.15, -0.1) is 5.10 Å². The molecule has 2 bridgehead atoms. The van der Waals surface area contributed by atoms with Crippen molar-refractivity contribution in [3.63, 3.8) is 0 Å². The van der Waals surface area contributed by atoms with Crippen LogP contribution in [-0.2, 0) is 46.5 Å². The summed E-state index contributed by atoms with van der Waals surface area (Å²) < 4.78 is 1.53. The Bertz CT molecular complexity index is 1620. The number of hydrogen-bond donors (Lipinski definition) is 14. The summed E-state index contributed by atoms with van der Waals surface area (Å²) in [7, 11) is 1.38. The van der Waals surface area contributed by atoms with Gasteiger partial charge in [-0.05, 0) is 65.3 Å². The quantitative estimate of drug-likeness (QED) is 0.0402. The van der Waals surface area contributed by atoms with Gasteiger partial charge in [0.25, 0.3) is 0 Å². The van der Waals surface area contributed by atoms with Gasteiger partial charge in [0.05, 0.1) is 24.4 Å². The maximum atomic E-state index is 13.9. The molecule has 0 fully saturated rings. The zero-order valence-electron chi connectivity index (χ0n) is 34.4. The van der Waals surface area contributed by atoms with Gasteiger partial charge in [-0.2, -0.15) is 0 Å². The normalized spacial score (nSPS) is 25.4. The molecule has 60 heavy (non-hydrogen) atoms. The fraction of sp³-hybridized carbons (Fsp3) is 0.714. The number of carbonyl (C=O) groups is 7. The summed E-state index contributed by atoms with van der Waals surface area (Å²) in [6.07, 6.45) is 0.730. The average Bonchev–Trinajstić information content (AvgIpc) is 3.64. The minimum Gasteiger partial charge on any atom is -0.394 e. The molecule has 1 aromatic heterocycles. The number of nitrogens with two attached hydrogens (primary N) is 5. The third-order valence-electron chi connectivity index (χ3n) is 9.57. The van der Waals surface area contributed by atoms with Crippen molar-refractivity contribution < 1.29 is 43.8 Å². The van der Waals surface area contributed by atoms with Gasteiger partial charge >= 0.3 is 0 Å². The molecule has 338 valence electrons. The van der Waals surface area contributed by atoms with E-state index in [1.165, 1.54) is 25.6 Å². The number of aliphatic imine (C=N–C) groups is 1.